The van der Waals surface area contributed by atoms with Crippen LogP contribution in [-0.2, 0) is 4.79 Å². The predicted octanol–water partition coefficient (Wildman–Crippen LogP) is 3.47. The number of hydrogen-bond donors (Lipinski definition) is 2. The highest BCUT2D eigenvalue weighted by Crippen LogP contribution is 2.17. The quantitative estimate of drug-likeness (QED) is 0.634. The Hall–Kier alpha value is -3.45. The van der Waals surface area contributed by atoms with E-state index in [1.165, 1.54) is 12.5 Å². The van der Waals surface area contributed by atoms with Gasteiger partial charge in [0.05, 0.1) is 6.54 Å². The van der Waals surface area contributed by atoms with Crippen LogP contribution in [0.15, 0.2) is 63.8 Å². The molecule has 0 radical (unpaired) electrons. The fourth-order valence-electron chi connectivity index (χ4n) is 3.58. The molecule has 0 aliphatic carbocycles. The zero-order chi connectivity index (χ0) is 20.9. The summed E-state index contributed by atoms with van der Waals surface area (Å²) in [5.41, 5.74) is 0.853. The molecule has 7 heteroatoms. The van der Waals surface area contributed by atoms with Crippen molar-refractivity contribution in [2.75, 3.05) is 30.3 Å². The van der Waals surface area contributed by atoms with Crippen LogP contribution in [0.1, 0.15) is 29.6 Å². The van der Waals surface area contributed by atoms with Gasteiger partial charge in [0.1, 0.15) is 11.1 Å². The van der Waals surface area contributed by atoms with Crippen LogP contribution >= 0.6 is 0 Å². The van der Waals surface area contributed by atoms with Crippen LogP contribution in [0.5, 0.6) is 0 Å². The van der Waals surface area contributed by atoms with Gasteiger partial charge in [-0.25, -0.2) is 4.79 Å². The Balaban J connectivity index is 1.38. The third-order valence-electron chi connectivity index (χ3n) is 5.13. The van der Waals surface area contributed by atoms with Crippen LogP contribution in [-0.4, -0.2) is 36.3 Å². The maximum Gasteiger partial charge on any atom is 0.349 e. The van der Waals surface area contributed by atoms with E-state index in [0.717, 1.165) is 25.9 Å². The number of piperidine rings is 1. The van der Waals surface area contributed by atoms with Crippen molar-refractivity contribution in [2.45, 2.75) is 19.3 Å². The van der Waals surface area contributed by atoms with Gasteiger partial charge in [-0.05, 0) is 62.3 Å². The largest absolute Gasteiger partial charge is 0.422 e. The summed E-state index contributed by atoms with van der Waals surface area (Å²) in [6.07, 6.45) is 3.50. The molecule has 1 fully saturated rings. The Bertz CT molecular complexity index is 1120. The summed E-state index contributed by atoms with van der Waals surface area (Å²) < 4.78 is 5.21. The van der Waals surface area contributed by atoms with Gasteiger partial charge in [-0.3, -0.25) is 14.5 Å². The average molecular weight is 405 g/mol. The van der Waals surface area contributed by atoms with Crippen LogP contribution < -0.4 is 16.3 Å². The highest BCUT2D eigenvalue weighted by Gasteiger charge is 2.15. The summed E-state index contributed by atoms with van der Waals surface area (Å²) in [4.78, 5) is 39.0. The van der Waals surface area contributed by atoms with E-state index in [9.17, 15) is 14.4 Å². The number of nitrogens with one attached hydrogen (secondary N) is 2. The number of benzene rings is 2. The molecule has 2 N–H and O–H groups in total. The fraction of sp³-hybridized carbons (Fsp3) is 0.261. The second-order valence-electron chi connectivity index (χ2n) is 7.40. The third kappa shape index (κ3) is 4.75. The molecule has 0 atom stereocenters. The van der Waals surface area contributed by atoms with Crippen molar-refractivity contribution in [3.8, 4) is 0 Å². The highest BCUT2D eigenvalue weighted by molar-refractivity contribution is 6.05. The molecule has 2 amide bonds. The van der Waals surface area contributed by atoms with Crippen LogP contribution in [0.3, 0.4) is 0 Å². The van der Waals surface area contributed by atoms with Crippen molar-refractivity contribution in [1.29, 1.82) is 0 Å². The molecule has 1 aliphatic heterocycles. The average Bonchev–Trinajstić information content (AvgIpc) is 2.75. The summed E-state index contributed by atoms with van der Waals surface area (Å²) in [5.74, 6) is -0.598. The zero-order valence-electron chi connectivity index (χ0n) is 16.5. The van der Waals surface area contributed by atoms with Crippen molar-refractivity contribution in [2.24, 2.45) is 0 Å². The molecule has 2 aromatic carbocycles. The van der Waals surface area contributed by atoms with E-state index < -0.39 is 11.5 Å². The Morgan fingerprint density at radius 3 is 2.30 bits per heavy atom. The van der Waals surface area contributed by atoms with Gasteiger partial charge in [0.2, 0.25) is 5.91 Å². The van der Waals surface area contributed by atoms with E-state index in [0.29, 0.717) is 28.9 Å². The van der Waals surface area contributed by atoms with E-state index in [-0.39, 0.29) is 11.5 Å². The minimum Gasteiger partial charge on any atom is -0.422 e. The maximum absolute atomic E-state index is 12.5. The Labute approximate surface area is 173 Å². The Morgan fingerprint density at radius 2 is 1.57 bits per heavy atom. The predicted molar refractivity (Wildman–Crippen MR) is 116 cm³/mol. The van der Waals surface area contributed by atoms with E-state index in [1.807, 2.05) is 6.07 Å². The number of nitrogens with zero attached hydrogens (tertiary/aromatic N) is 1. The lowest BCUT2D eigenvalue weighted by Crippen LogP contribution is -2.36. The molecule has 7 nitrogen and oxygen atoms in total. The highest BCUT2D eigenvalue weighted by atomic mass is 16.4. The van der Waals surface area contributed by atoms with Crippen LogP contribution in [0.4, 0.5) is 11.4 Å². The molecule has 1 aliphatic rings. The maximum atomic E-state index is 12.5. The van der Waals surface area contributed by atoms with Gasteiger partial charge in [-0.1, -0.05) is 24.6 Å². The molecule has 1 aromatic heterocycles. The molecule has 154 valence electrons. The first-order valence-corrected chi connectivity index (χ1v) is 10.0. The number of hydrogen-bond acceptors (Lipinski definition) is 5. The topological polar surface area (TPSA) is 91.7 Å². The van der Waals surface area contributed by atoms with Crippen molar-refractivity contribution in [1.82, 2.24) is 4.90 Å². The number of fused-ring (bicyclic) bond motifs is 1. The summed E-state index contributed by atoms with van der Waals surface area (Å²) in [5, 5.41) is 6.24. The molecule has 4 rings (SSSR count). The fourth-order valence-corrected chi connectivity index (χ4v) is 3.58. The molecule has 0 unspecified atom stereocenters. The van der Waals surface area contributed by atoms with Crippen LogP contribution in [0.25, 0.3) is 11.0 Å². The van der Waals surface area contributed by atoms with Gasteiger partial charge < -0.3 is 15.1 Å². The third-order valence-corrected chi connectivity index (χ3v) is 5.13. The second kappa shape index (κ2) is 8.92. The lowest BCUT2D eigenvalue weighted by molar-refractivity contribution is -0.117. The zero-order valence-corrected chi connectivity index (χ0v) is 16.5. The first-order valence-electron chi connectivity index (χ1n) is 10.0. The van der Waals surface area contributed by atoms with Gasteiger partial charge >= 0.3 is 5.63 Å². The van der Waals surface area contributed by atoms with Gasteiger partial charge in [-0.2, -0.15) is 0 Å². The SMILES string of the molecule is O=C(CN1CCCCC1)Nc1ccc(NC(=O)c2cc3ccccc3oc2=O)cc1. The minimum absolute atomic E-state index is 0.0533. The number of rotatable bonds is 5. The number of carbonyl (C=O) groups excluding carboxylic acids is 2. The van der Waals surface area contributed by atoms with E-state index in [4.69, 9.17) is 4.42 Å². The Morgan fingerprint density at radius 1 is 0.900 bits per heavy atom. The molecule has 0 bridgehead atoms. The molecule has 1 saturated heterocycles. The van der Waals surface area contributed by atoms with Crippen molar-refractivity contribution >= 4 is 34.2 Å². The van der Waals surface area contributed by atoms with Gasteiger partial charge in [-0.15, -0.1) is 0 Å². The molecular weight excluding hydrogens is 382 g/mol. The van der Waals surface area contributed by atoms with E-state index >= 15 is 0 Å². The Kier molecular flexibility index (Phi) is 5.90. The molecule has 30 heavy (non-hydrogen) atoms. The second-order valence-corrected chi connectivity index (χ2v) is 7.40. The summed E-state index contributed by atoms with van der Waals surface area (Å²) in [6, 6.07) is 15.3. The van der Waals surface area contributed by atoms with Gasteiger partial charge in [0.25, 0.3) is 5.91 Å². The number of anilines is 2. The van der Waals surface area contributed by atoms with Crippen molar-refractivity contribution in [3.05, 3.63) is 70.6 Å². The number of likely N-dealkylation sites (tertiary alicyclic amines) is 1. The molecular formula is C23H23N3O4. The molecule has 0 saturated carbocycles. The van der Waals surface area contributed by atoms with Crippen molar-refractivity contribution < 1.29 is 14.0 Å². The van der Waals surface area contributed by atoms with E-state index in [2.05, 4.69) is 15.5 Å². The lowest BCUT2D eigenvalue weighted by Gasteiger charge is -2.25. The first kappa shape index (κ1) is 19.8. The standard InChI is InChI=1S/C23H23N3O4/c27-21(15-26-12-4-1-5-13-26)24-17-8-10-18(11-9-17)25-22(28)19-14-16-6-2-3-7-20(16)30-23(19)29/h2-3,6-11,14H,1,4-5,12-13,15H2,(H,24,27)(H,25,28). The number of amides is 2. The lowest BCUT2D eigenvalue weighted by atomic mass is 10.1. The summed E-state index contributed by atoms with van der Waals surface area (Å²) >= 11 is 0. The van der Waals surface area contributed by atoms with Crippen LogP contribution in [0.2, 0.25) is 0 Å². The molecule has 2 heterocycles. The van der Waals surface area contributed by atoms with Crippen LogP contribution in [0, 0.1) is 0 Å². The first-order chi connectivity index (χ1) is 14.6. The number of carbonyl (C=O) groups is 2. The van der Waals surface area contributed by atoms with Crippen molar-refractivity contribution in [3.63, 3.8) is 0 Å². The van der Waals surface area contributed by atoms with Gasteiger partial charge in [0, 0.05) is 16.8 Å². The summed E-state index contributed by atoms with van der Waals surface area (Å²) in [7, 11) is 0. The monoisotopic (exact) mass is 405 g/mol. The van der Waals surface area contributed by atoms with Gasteiger partial charge in [0.15, 0.2) is 0 Å². The minimum atomic E-state index is -0.687. The summed E-state index contributed by atoms with van der Waals surface area (Å²) in [6.45, 7) is 2.30. The molecule has 3 aromatic rings. The molecule has 0 spiro atoms. The number of para-hydroxylation sites is 1. The smallest absolute Gasteiger partial charge is 0.349 e. The normalized spacial score (nSPS) is 14.4. The van der Waals surface area contributed by atoms with E-state index in [1.54, 1.807) is 42.5 Å².